The molecule has 1 saturated carbocycles. The van der Waals surface area contributed by atoms with E-state index in [1.165, 1.54) is 44.1 Å². The van der Waals surface area contributed by atoms with Crippen molar-refractivity contribution in [1.82, 2.24) is 15.3 Å². The molecule has 3 rings (SSSR count). The zero-order valence-corrected chi connectivity index (χ0v) is 26.7. The van der Waals surface area contributed by atoms with Crippen LogP contribution in [0.4, 0.5) is 0 Å². The van der Waals surface area contributed by atoms with Crippen LogP contribution < -0.4 is 5.32 Å². The second kappa shape index (κ2) is 20.5. The fourth-order valence-corrected chi connectivity index (χ4v) is 3.51. The molecular formula is C34H53N5O. The minimum Gasteiger partial charge on any atom is -0.485 e. The van der Waals surface area contributed by atoms with Crippen LogP contribution in [0.25, 0.3) is 11.3 Å². The fourth-order valence-electron chi connectivity index (χ4n) is 3.51. The molecule has 1 aromatic heterocycles. The highest BCUT2D eigenvalue weighted by Crippen LogP contribution is 2.23. The fraction of sp³-hybridized carbons (Fsp3) is 0.500. The Labute approximate surface area is 244 Å². The number of allylic oxidation sites excluding steroid dienone is 6. The standard InChI is InChI=1S/C18H20N4.C8H14O.C6H12.C2H7N/c1-6-12(2)7-8-16-10-15(11-20-16)18-21-13(3)9-17(22-18)14(4)19-5;1-6-7(2)9-8(3,4)5;1-2-4-6-5-3-1;1-3-2/h6-9,11H,4-5,10H2,1-3H3;1H2,2-5H3;1-6H2;3H,1-2H3/b8-7-,12-6-;;;. The lowest BCUT2D eigenvalue weighted by molar-refractivity contribution is 0.0540. The van der Waals surface area contributed by atoms with Crippen molar-refractivity contribution in [2.75, 3.05) is 14.1 Å². The Hall–Kier alpha value is -3.34. The average Bonchev–Trinajstić information content (AvgIpc) is 3.41. The first kappa shape index (κ1) is 36.7. The van der Waals surface area contributed by atoms with E-state index in [4.69, 9.17) is 4.74 Å². The Balaban J connectivity index is 0.000000689. The maximum absolute atomic E-state index is 5.33. The Morgan fingerprint density at radius 1 is 1.07 bits per heavy atom. The summed E-state index contributed by atoms with van der Waals surface area (Å²) in [7, 11) is 3.75. The SMILES string of the molecule is C1CCCCC1.C=C=C(C)OC(C)(C)C.C=NC(=C)c1cc(C)nc(C2=CN=C(/C=C\C(C)=C/C)C2)n1.CNC. The first-order valence-electron chi connectivity index (χ1n) is 14.1. The van der Waals surface area contributed by atoms with Crippen LogP contribution in [0.3, 0.4) is 0 Å². The minimum absolute atomic E-state index is 0.116. The number of aliphatic imine (C=N–C) groups is 2. The summed E-state index contributed by atoms with van der Waals surface area (Å²) >= 11 is 0. The van der Waals surface area contributed by atoms with E-state index < -0.39 is 0 Å². The Kier molecular flexibility index (Phi) is 18.8. The van der Waals surface area contributed by atoms with Crippen molar-refractivity contribution in [2.45, 2.75) is 99.0 Å². The van der Waals surface area contributed by atoms with Gasteiger partial charge in [-0.2, -0.15) is 0 Å². The van der Waals surface area contributed by atoms with Crippen molar-refractivity contribution < 1.29 is 4.74 Å². The van der Waals surface area contributed by atoms with E-state index in [0.717, 1.165) is 29.2 Å². The number of rotatable bonds is 6. The molecule has 1 aliphatic carbocycles. The quantitative estimate of drug-likeness (QED) is 0.167. The van der Waals surface area contributed by atoms with Gasteiger partial charge in [-0.1, -0.05) is 75.1 Å². The molecule has 6 nitrogen and oxygen atoms in total. The molecule has 2 aliphatic rings. The molecule has 6 heteroatoms. The number of ether oxygens (including phenoxy) is 1. The van der Waals surface area contributed by atoms with Crippen molar-refractivity contribution >= 4 is 23.7 Å². The van der Waals surface area contributed by atoms with Gasteiger partial charge in [-0.15, -0.1) is 0 Å². The summed E-state index contributed by atoms with van der Waals surface area (Å²) in [5, 5.41) is 2.75. The Bertz CT molecular complexity index is 1090. The van der Waals surface area contributed by atoms with Crippen molar-refractivity contribution in [2.24, 2.45) is 9.98 Å². The molecular weight excluding hydrogens is 494 g/mol. The van der Waals surface area contributed by atoms with Gasteiger partial charge in [0, 0.05) is 36.5 Å². The van der Waals surface area contributed by atoms with Gasteiger partial charge in [0.05, 0.1) is 11.4 Å². The number of aromatic nitrogens is 2. The van der Waals surface area contributed by atoms with Gasteiger partial charge in [-0.25, -0.2) is 9.97 Å². The molecule has 1 aliphatic heterocycles. The zero-order valence-electron chi connectivity index (χ0n) is 26.7. The second-order valence-corrected chi connectivity index (χ2v) is 10.7. The lowest BCUT2D eigenvalue weighted by Gasteiger charge is -2.20. The highest BCUT2D eigenvalue weighted by molar-refractivity contribution is 6.04. The lowest BCUT2D eigenvalue weighted by Crippen LogP contribution is -2.17. The van der Waals surface area contributed by atoms with E-state index in [1.54, 1.807) is 0 Å². The maximum atomic E-state index is 5.33. The van der Waals surface area contributed by atoms with Gasteiger partial charge in [0.2, 0.25) is 0 Å². The van der Waals surface area contributed by atoms with Gasteiger partial charge in [0.15, 0.2) is 5.82 Å². The summed E-state index contributed by atoms with van der Waals surface area (Å²) in [6.45, 7) is 24.6. The van der Waals surface area contributed by atoms with Crippen molar-refractivity contribution in [3.8, 4) is 0 Å². The van der Waals surface area contributed by atoms with E-state index in [1.807, 2.05) is 74.0 Å². The van der Waals surface area contributed by atoms with Crippen LogP contribution in [-0.4, -0.2) is 42.1 Å². The van der Waals surface area contributed by atoms with Crippen molar-refractivity contribution in [1.29, 1.82) is 0 Å². The third kappa shape index (κ3) is 17.3. The van der Waals surface area contributed by atoms with Crippen LogP contribution in [-0.2, 0) is 4.74 Å². The van der Waals surface area contributed by atoms with Crippen molar-refractivity contribution in [3.05, 3.63) is 77.9 Å². The van der Waals surface area contributed by atoms with Gasteiger partial charge >= 0.3 is 0 Å². The summed E-state index contributed by atoms with van der Waals surface area (Å²) in [5.41, 5.74) is 7.89. The smallest absolute Gasteiger partial charge is 0.157 e. The van der Waals surface area contributed by atoms with Crippen LogP contribution in [0.1, 0.15) is 104 Å². The molecule has 2 heterocycles. The van der Waals surface area contributed by atoms with Crippen LogP contribution >= 0.6 is 0 Å². The summed E-state index contributed by atoms with van der Waals surface area (Å²) in [4.78, 5) is 17.3. The number of hydrogen-bond donors (Lipinski definition) is 1. The number of hydrogen-bond acceptors (Lipinski definition) is 6. The predicted molar refractivity (Wildman–Crippen MR) is 176 cm³/mol. The summed E-state index contributed by atoms with van der Waals surface area (Å²) in [6, 6.07) is 1.85. The van der Waals surface area contributed by atoms with Crippen molar-refractivity contribution in [3.63, 3.8) is 0 Å². The molecule has 1 fully saturated rings. The van der Waals surface area contributed by atoms with E-state index >= 15 is 0 Å². The summed E-state index contributed by atoms with van der Waals surface area (Å²) in [5.74, 6) is 1.43. The normalized spacial score (nSPS) is 14.6. The Morgan fingerprint density at radius 3 is 2.05 bits per heavy atom. The molecule has 1 aromatic rings. The predicted octanol–water partition coefficient (Wildman–Crippen LogP) is 8.83. The molecule has 0 radical (unpaired) electrons. The van der Waals surface area contributed by atoms with E-state index in [9.17, 15) is 0 Å². The Morgan fingerprint density at radius 2 is 1.62 bits per heavy atom. The molecule has 40 heavy (non-hydrogen) atoms. The lowest BCUT2D eigenvalue weighted by atomic mass is 10.0. The highest BCUT2D eigenvalue weighted by Gasteiger charge is 2.15. The van der Waals surface area contributed by atoms with Crippen LogP contribution in [0, 0.1) is 6.92 Å². The first-order valence-corrected chi connectivity index (χ1v) is 14.1. The third-order valence-electron chi connectivity index (χ3n) is 5.59. The van der Waals surface area contributed by atoms with E-state index in [-0.39, 0.29) is 5.60 Å². The van der Waals surface area contributed by atoms with Gasteiger partial charge in [0.1, 0.15) is 11.4 Å². The molecule has 0 atom stereocenters. The minimum atomic E-state index is -0.116. The number of nitrogens with zero attached hydrogens (tertiary/aromatic N) is 4. The number of nitrogens with one attached hydrogen (secondary N) is 1. The number of aryl methyl sites for hydroxylation is 1. The topological polar surface area (TPSA) is 71.8 Å². The van der Waals surface area contributed by atoms with Crippen LogP contribution in [0.15, 0.2) is 70.7 Å². The monoisotopic (exact) mass is 547 g/mol. The first-order chi connectivity index (χ1) is 18.9. The van der Waals surface area contributed by atoms with E-state index in [2.05, 4.69) is 70.0 Å². The summed E-state index contributed by atoms with van der Waals surface area (Å²) < 4.78 is 5.33. The van der Waals surface area contributed by atoms with E-state index in [0.29, 0.717) is 17.2 Å². The molecule has 220 valence electrons. The molecule has 0 amide bonds. The van der Waals surface area contributed by atoms with Gasteiger partial charge in [-0.05, 0) is 74.5 Å². The molecule has 1 N–H and O–H groups in total. The highest BCUT2D eigenvalue weighted by atomic mass is 16.5. The average molecular weight is 548 g/mol. The van der Waals surface area contributed by atoms with Crippen LogP contribution in [0.5, 0.6) is 0 Å². The zero-order chi connectivity index (χ0) is 30.6. The maximum Gasteiger partial charge on any atom is 0.157 e. The van der Waals surface area contributed by atoms with Gasteiger partial charge < -0.3 is 10.1 Å². The van der Waals surface area contributed by atoms with Gasteiger partial charge in [0.25, 0.3) is 0 Å². The molecule has 0 unspecified atom stereocenters. The molecule has 0 saturated heterocycles. The largest absolute Gasteiger partial charge is 0.485 e. The molecule has 0 bridgehead atoms. The van der Waals surface area contributed by atoms with Crippen LogP contribution in [0.2, 0.25) is 0 Å². The summed E-state index contributed by atoms with van der Waals surface area (Å²) in [6.07, 6.45) is 17.7. The molecule has 0 aromatic carbocycles. The molecule has 0 spiro atoms. The van der Waals surface area contributed by atoms with Gasteiger partial charge in [-0.3, -0.25) is 9.98 Å². The second-order valence-electron chi connectivity index (χ2n) is 10.7. The third-order valence-corrected chi connectivity index (χ3v) is 5.59.